The molecule has 0 spiro atoms. The Kier molecular flexibility index (Phi) is 3.23. The van der Waals surface area contributed by atoms with E-state index in [1.807, 2.05) is 12.1 Å². The summed E-state index contributed by atoms with van der Waals surface area (Å²) >= 11 is 0. The average molecular weight is 316 g/mol. The topological polar surface area (TPSA) is 51.0 Å². The fourth-order valence-corrected chi connectivity index (χ4v) is 3.28. The van der Waals surface area contributed by atoms with Gasteiger partial charge in [-0.3, -0.25) is 4.99 Å². The van der Waals surface area contributed by atoms with Crippen LogP contribution in [0.5, 0.6) is 0 Å². The van der Waals surface area contributed by atoms with Crippen molar-refractivity contribution in [3.05, 3.63) is 64.5 Å². The Morgan fingerprint density at radius 2 is 1.75 bits per heavy atom. The molecule has 4 rings (SSSR count). The van der Waals surface area contributed by atoms with E-state index in [-0.39, 0.29) is 5.54 Å². The predicted molar refractivity (Wildman–Crippen MR) is 96.7 cm³/mol. The number of hydrogen-bond acceptors (Lipinski definition) is 4. The lowest BCUT2D eigenvalue weighted by Gasteiger charge is -2.28. The predicted octanol–water partition coefficient (Wildman–Crippen LogP) is 3.81. The normalized spacial score (nSPS) is 15.9. The summed E-state index contributed by atoms with van der Waals surface area (Å²) in [5.41, 5.74) is 7.17. The molecule has 0 fully saturated rings. The molecule has 2 aromatic carbocycles. The third kappa shape index (κ3) is 2.39. The van der Waals surface area contributed by atoms with Gasteiger partial charge in [0.2, 0.25) is 5.82 Å². The van der Waals surface area contributed by atoms with Crippen molar-refractivity contribution in [1.29, 1.82) is 0 Å². The fourth-order valence-electron chi connectivity index (χ4n) is 3.28. The van der Waals surface area contributed by atoms with Crippen LogP contribution in [0, 0.1) is 13.8 Å². The van der Waals surface area contributed by atoms with E-state index >= 15 is 0 Å². The second kappa shape index (κ2) is 5.20. The number of aryl methyl sites for hydroxylation is 2. The molecule has 2 heterocycles. The molecule has 0 N–H and O–H groups in total. The van der Waals surface area contributed by atoms with Crippen molar-refractivity contribution in [2.75, 3.05) is 0 Å². The lowest BCUT2D eigenvalue weighted by Crippen LogP contribution is -2.30. The van der Waals surface area contributed by atoms with Gasteiger partial charge in [-0.1, -0.05) is 30.3 Å². The Morgan fingerprint density at radius 3 is 2.58 bits per heavy atom. The maximum atomic E-state index is 4.94. The third-order valence-electron chi connectivity index (χ3n) is 4.67. The van der Waals surface area contributed by atoms with Crippen molar-refractivity contribution in [1.82, 2.24) is 15.2 Å². The zero-order valence-corrected chi connectivity index (χ0v) is 14.5. The highest BCUT2D eigenvalue weighted by Gasteiger charge is 2.28. The first-order valence-electron chi connectivity index (χ1n) is 8.24. The van der Waals surface area contributed by atoms with Crippen molar-refractivity contribution in [3.63, 3.8) is 0 Å². The van der Waals surface area contributed by atoms with Crippen LogP contribution in [0.2, 0.25) is 0 Å². The van der Waals surface area contributed by atoms with Gasteiger partial charge in [-0.25, -0.2) is 4.98 Å². The molecule has 4 heteroatoms. The van der Waals surface area contributed by atoms with Gasteiger partial charge in [0, 0.05) is 5.56 Å². The summed E-state index contributed by atoms with van der Waals surface area (Å²) in [6.07, 6.45) is 0.922. The van der Waals surface area contributed by atoms with Crippen LogP contribution >= 0.6 is 0 Å². The standard InChI is InChI=1S/C20H20N4/c1-12-9-10-16-17(13(12)2)21-19(24-23-16)18-15-8-6-5-7-14(15)11-20(3,4)22-18/h5-10H,11H2,1-4H3. The van der Waals surface area contributed by atoms with E-state index < -0.39 is 0 Å². The third-order valence-corrected chi connectivity index (χ3v) is 4.67. The molecule has 24 heavy (non-hydrogen) atoms. The first-order valence-corrected chi connectivity index (χ1v) is 8.24. The van der Waals surface area contributed by atoms with Gasteiger partial charge in [-0.05, 0) is 56.9 Å². The number of aliphatic imine (C=N–C) groups is 1. The Balaban J connectivity index is 1.96. The molecular formula is C20H20N4. The molecule has 1 aliphatic rings. The molecule has 120 valence electrons. The molecule has 0 atom stereocenters. The minimum atomic E-state index is -0.163. The van der Waals surface area contributed by atoms with Gasteiger partial charge >= 0.3 is 0 Å². The minimum Gasteiger partial charge on any atom is -0.274 e. The number of rotatable bonds is 1. The quantitative estimate of drug-likeness (QED) is 0.686. The Morgan fingerprint density at radius 1 is 0.958 bits per heavy atom. The van der Waals surface area contributed by atoms with Crippen molar-refractivity contribution in [3.8, 4) is 0 Å². The lowest BCUT2D eigenvalue weighted by atomic mass is 9.87. The van der Waals surface area contributed by atoms with E-state index in [2.05, 4.69) is 62.2 Å². The highest BCUT2D eigenvalue weighted by Crippen LogP contribution is 2.28. The Bertz CT molecular complexity index is 986. The summed E-state index contributed by atoms with van der Waals surface area (Å²) in [7, 11) is 0. The van der Waals surface area contributed by atoms with Gasteiger partial charge in [-0.15, -0.1) is 10.2 Å². The number of nitrogens with zero attached hydrogens (tertiary/aromatic N) is 4. The summed E-state index contributed by atoms with van der Waals surface area (Å²) in [6.45, 7) is 8.46. The van der Waals surface area contributed by atoms with Crippen LogP contribution in [-0.2, 0) is 6.42 Å². The highest BCUT2D eigenvalue weighted by atomic mass is 15.2. The maximum absolute atomic E-state index is 4.94. The molecule has 1 aromatic heterocycles. The van der Waals surface area contributed by atoms with Crippen molar-refractivity contribution in [2.45, 2.75) is 39.7 Å². The van der Waals surface area contributed by atoms with Gasteiger partial charge < -0.3 is 0 Å². The Hall–Kier alpha value is -2.62. The van der Waals surface area contributed by atoms with Crippen LogP contribution in [0.3, 0.4) is 0 Å². The second-order valence-corrected chi connectivity index (χ2v) is 7.12. The molecule has 1 aliphatic heterocycles. The zero-order valence-electron chi connectivity index (χ0n) is 14.5. The molecule has 0 saturated heterocycles. The molecule has 0 aliphatic carbocycles. The molecule has 4 nitrogen and oxygen atoms in total. The van der Waals surface area contributed by atoms with Crippen molar-refractivity contribution < 1.29 is 0 Å². The largest absolute Gasteiger partial charge is 0.274 e. The van der Waals surface area contributed by atoms with E-state index in [1.54, 1.807) is 0 Å². The Labute approximate surface area is 141 Å². The van der Waals surface area contributed by atoms with E-state index in [1.165, 1.54) is 11.1 Å². The molecule has 3 aromatic rings. The molecule has 0 bridgehead atoms. The monoisotopic (exact) mass is 316 g/mol. The highest BCUT2D eigenvalue weighted by molar-refractivity contribution is 6.12. The van der Waals surface area contributed by atoms with E-state index in [0.29, 0.717) is 5.82 Å². The maximum Gasteiger partial charge on any atom is 0.201 e. The SMILES string of the molecule is Cc1ccc2nnc(C3=NC(C)(C)Cc4ccccc43)nc2c1C. The summed E-state index contributed by atoms with van der Waals surface area (Å²) < 4.78 is 0. The van der Waals surface area contributed by atoms with Crippen molar-refractivity contribution in [2.24, 2.45) is 4.99 Å². The average Bonchev–Trinajstić information content (AvgIpc) is 2.56. The summed E-state index contributed by atoms with van der Waals surface area (Å²) in [6, 6.07) is 12.4. The lowest BCUT2D eigenvalue weighted by molar-refractivity contribution is 0.513. The van der Waals surface area contributed by atoms with Gasteiger partial charge in [0.05, 0.1) is 11.1 Å². The molecule has 0 saturated carbocycles. The van der Waals surface area contributed by atoms with Crippen LogP contribution in [0.4, 0.5) is 0 Å². The summed E-state index contributed by atoms with van der Waals surface area (Å²) in [5, 5.41) is 8.76. The van der Waals surface area contributed by atoms with Crippen molar-refractivity contribution >= 4 is 16.7 Å². The van der Waals surface area contributed by atoms with E-state index in [0.717, 1.165) is 34.3 Å². The van der Waals surface area contributed by atoms with Gasteiger partial charge in [-0.2, -0.15) is 0 Å². The minimum absolute atomic E-state index is 0.163. The zero-order chi connectivity index (χ0) is 16.9. The number of benzene rings is 2. The summed E-state index contributed by atoms with van der Waals surface area (Å²) in [5.74, 6) is 0.608. The molecular weight excluding hydrogens is 296 g/mol. The van der Waals surface area contributed by atoms with Crippen LogP contribution in [-0.4, -0.2) is 26.4 Å². The van der Waals surface area contributed by atoms with Gasteiger partial charge in [0.1, 0.15) is 11.2 Å². The van der Waals surface area contributed by atoms with E-state index in [9.17, 15) is 0 Å². The fraction of sp³-hybridized carbons (Fsp3) is 0.300. The molecule has 0 unspecified atom stereocenters. The smallest absolute Gasteiger partial charge is 0.201 e. The van der Waals surface area contributed by atoms with Crippen LogP contribution < -0.4 is 0 Å². The summed E-state index contributed by atoms with van der Waals surface area (Å²) in [4.78, 5) is 9.76. The van der Waals surface area contributed by atoms with Crippen LogP contribution in [0.25, 0.3) is 11.0 Å². The van der Waals surface area contributed by atoms with Gasteiger partial charge in [0.25, 0.3) is 0 Å². The van der Waals surface area contributed by atoms with Crippen LogP contribution in [0.15, 0.2) is 41.4 Å². The first kappa shape index (κ1) is 14.9. The number of hydrogen-bond donors (Lipinski definition) is 0. The molecule has 0 radical (unpaired) electrons. The number of aromatic nitrogens is 3. The van der Waals surface area contributed by atoms with Crippen LogP contribution in [0.1, 0.15) is 41.9 Å². The second-order valence-electron chi connectivity index (χ2n) is 7.12. The number of fused-ring (bicyclic) bond motifs is 2. The van der Waals surface area contributed by atoms with Gasteiger partial charge in [0.15, 0.2) is 0 Å². The van der Waals surface area contributed by atoms with E-state index in [4.69, 9.17) is 9.98 Å². The molecule has 0 amide bonds. The first-order chi connectivity index (χ1) is 11.4.